The first-order valence-electron chi connectivity index (χ1n) is 5.26. The van der Waals surface area contributed by atoms with Crippen molar-refractivity contribution in [3.8, 4) is 0 Å². The maximum atomic E-state index is 13.7. The zero-order valence-electron chi connectivity index (χ0n) is 9.06. The molecule has 0 saturated carbocycles. The van der Waals surface area contributed by atoms with Gasteiger partial charge in [0.05, 0.1) is 5.52 Å². The molecule has 2 nitrogen and oxygen atoms in total. The zero-order chi connectivity index (χ0) is 10.4. The number of rotatable bonds is 0. The van der Waals surface area contributed by atoms with E-state index < -0.39 is 0 Å². The summed E-state index contributed by atoms with van der Waals surface area (Å²) < 4.78 is 13.7. The second-order valence-corrected chi connectivity index (χ2v) is 4.18. The number of aromatic amines is 1. The lowest BCUT2D eigenvalue weighted by Gasteiger charge is -2.12. The number of hydrogen-bond acceptors (Lipinski definition) is 1. The van der Waals surface area contributed by atoms with Gasteiger partial charge in [-0.15, -0.1) is 12.4 Å². The highest BCUT2D eigenvalue weighted by atomic mass is 35.5. The highest BCUT2D eigenvalue weighted by Crippen LogP contribution is 2.27. The van der Waals surface area contributed by atoms with Crippen molar-refractivity contribution in [3.05, 3.63) is 34.8 Å². The van der Waals surface area contributed by atoms with E-state index in [1.807, 2.05) is 6.92 Å². The number of H-pyrrole nitrogens is 1. The Balaban J connectivity index is 0.000000963. The molecule has 1 aromatic carbocycles. The summed E-state index contributed by atoms with van der Waals surface area (Å²) in [6.07, 6.45) is 0.961. The van der Waals surface area contributed by atoms with E-state index in [9.17, 15) is 4.39 Å². The van der Waals surface area contributed by atoms with Gasteiger partial charge in [0.25, 0.3) is 0 Å². The van der Waals surface area contributed by atoms with Gasteiger partial charge in [-0.05, 0) is 30.2 Å². The molecule has 1 aliphatic rings. The number of fused-ring (bicyclic) bond motifs is 3. The fourth-order valence-electron chi connectivity index (χ4n) is 2.34. The van der Waals surface area contributed by atoms with Crippen LogP contribution < -0.4 is 5.32 Å². The summed E-state index contributed by atoms with van der Waals surface area (Å²) in [5, 5.41) is 4.35. The molecule has 16 heavy (non-hydrogen) atoms. The molecule has 0 unspecified atom stereocenters. The summed E-state index contributed by atoms with van der Waals surface area (Å²) in [5.41, 5.74) is 4.06. The minimum absolute atomic E-state index is 0. The Hall–Kier alpha value is -1.06. The van der Waals surface area contributed by atoms with E-state index in [0.29, 0.717) is 5.52 Å². The lowest BCUT2D eigenvalue weighted by atomic mass is 10.0. The molecular formula is C12H14ClFN2. The van der Waals surface area contributed by atoms with Crippen molar-refractivity contribution in [1.29, 1.82) is 0 Å². The van der Waals surface area contributed by atoms with Crippen LogP contribution in [0.15, 0.2) is 12.1 Å². The lowest BCUT2D eigenvalue weighted by Crippen LogP contribution is -2.22. The minimum atomic E-state index is -0.139. The minimum Gasteiger partial charge on any atom is -0.356 e. The maximum absolute atomic E-state index is 13.7. The smallest absolute Gasteiger partial charge is 0.147 e. The second kappa shape index (κ2) is 4.07. The Morgan fingerprint density at radius 3 is 2.94 bits per heavy atom. The third kappa shape index (κ3) is 1.60. The molecule has 0 atom stereocenters. The van der Waals surface area contributed by atoms with E-state index >= 15 is 0 Å². The number of nitrogens with one attached hydrogen (secondary N) is 2. The third-order valence-corrected chi connectivity index (χ3v) is 3.05. The Bertz CT molecular complexity index is 533. The molecule has 0 bridgehead atoms. The van der Waals surface area contributed by atoms with E-state index in [2.05, 4.69) is 16.4 Å². The van der Waals surface area contributed by atoms with Crippen LogP contribution in [0.3, 0.4) is 0 Å². The quantitative estimate of drug-likeness (QED) is 0.728. The first-order chi connectivity index (χ1) is 7.25. The van der Waals surface area contributed by atoms with Crippen LogP contribution in [0, 0.1) is 12.7 Å². The van der Waals surface area contributed by atoms with Gasteiger partial charge in [0, 0.05) is 30.6 Å². The average molecular weight is 241 g/mol. The average Bonchev–Trinajstić information content (AvgIpc) is 2.57. The molecule has 0 spiro atoms. The van der Waals surface area contributed by atoms with Crippen LogP contribution in [-0.4, -0.2) is 11.5 Å². The van der Waals surface area contributed by atoms with Gasteiger partial charge in [-0.1, -0.05) is 0 Å². The number of aryl methyl sites for hydroxylation is 1. The number of benzene rings is 1. The summed E-state index contributed by atoms with van der Waals surface area (Å²) in [6, 6.07) is 3.64. The summed E-state index contributed by atoms with van der Waals surface area (Å²) in [7, 11) is 0. The van der Waals surface area contributed by atoms with Crippen molar-refractivity contribution in [1.82, 2.24) is 10.3 Å². The molecule has 0 saturated heterocycles. The number of hydrogen-bond donors (Lipinski definition) is 2. The number of aromatic nitrogens is 1. The van der Waals surface area contributed by atoms with Gasteiger partial charge in [0.2, 0.25) is 0 Å². The van der Waals surface area contributed by atoms with Crippen LogP contribution >= 0.6 is 12.4 Å². The normalized spacial score (nSPS) is 14.6. The van der Waals surface area contributed by atoms with Crippen molar-refractivity contribution in [2.75, 3.05) is 6.54 Å². The van der Waals surface area contributed by atoms with Crippen LogP contribution in [0.2, 0.25) is 0 Å². The Morgan fingerprint density at radius 2 is 2.12 bits per heavy atom. The summed E-state index contributed by atoms with van der Waals surface area (Å²) in [4.78, 5) is 3.20. The maximum Gasteiger partial charge on any atom is 0.147 e. The number of halogens is 2. The molecule has 0 amide bonds. The molecule has 0 fully saturated rings. The topological polar surface area (TPSA) is 27.8 Å². The fraction of sp³-hybridized carbons (Fsp3) is 0.333. The summed E-state index contributed by atoms with van der Waals surface area (Å²) in [5.74, 6) is -0.139. The van der Waals surface area contributed by atoms with Crippen LogP contribution in [0.1, 0.15) is 16.8 Å². The molecule has 86 valence electrons. The van der Waals surface area contributed by atoms with E-state index in [1.165, 1.54) is 11.3 Å². The highest BCUT2D eigenvalue weighted by Gasteiger charge is 2.16. The first kappa shape index (κ1) is 11.4. The van der Waals surface area contributed by atoms with Gasteiger partial charge in [-0.25, -0.2) is 4.39 Å². The molecule has 0 aliphatic carbocycles. The van der Waals surface area contributed by atoms with Crippen LogP contribution in [0.5, 0.6) is 0 Å². The fourth-order valence-corrected chi connectivity index (χ4v) is 2.34. The SMILES string of the molecule is Cc1cc(F)c2[nH]c3c(c2c1)CNCC3.Cl. The molecule has 1 aliphatic heterocycles. The molecule has 4 heteroatoms. The molecule has 3 rings (SSSR count). The molecular weight excluding hydrogens is 227 g/mol. The monoisotopic (exact) mass is 240 g/mol. The Labute approximate surface area is 99.6 Å². The van der Waals surface area contributed by atoms with E-state index in [1.54, 1.807) is 6.07 Å². The van der Waals surface area contributed by atoms with Crippen molar-refractivity contribution in [3.63, 3.8) is 0 Å². The lowest BCUT2D eigenvalue weighted by molar-refractivity contribution is 0.632. The molecule has 2 aromatic rings. The van der Waals surface area contributed by atoms with Crippen molar-refractivity contribution in [2.45, 2.75) is 19.9 Å². The van der Waals surface area contributed by atoms with E-state index in [-0.39, 0.29) is 18.2 Å². The van der Waals surface area contributed by atoms with E-state index in [0.717, 1.165) is 30.5 Å². The van der Waals surface area contributed by atoms with Gasteiger partial charge >= 0.3 is 0 Å². The van der Waals surface area contributed by atoms with Crippen LogP contribution in [-0.2, 0) is 13.0 Å². The van der Waals surface area contributed by atoms with Crippen LogP contribution in [0.4, 0.5) is 4.39 Å². The van der Waals surface area contributed by atoms with Crippen LogP contribution in [0.25, 0.3) is 10.9 Å². The molecule has 0 radical (unpaired) electrons. The summed E-state index contributed by atoms with van der Waals surface area (Å²) in [6.45, 7) is 3.75. The van der Waals surface area contributed by atoms with Gasteiger partial charge in [0.15, 0.2) is 0 Å². The highest BCUT2D eigenvalue weighted by molar-refractivity contribution is 5.86. The third-order valence-electron chi connectivity index (χ3n) is 3.05. The molecule has 1 aromatic heterocycles. The van der Waals surface area contributed by atoms with Gasteiger partial charge in [0.1, 0.15) is 5.82 Å². The van der Waals surface area contributed by atoms with Gasteiger partial charge in [-0.3, -0.25) is 0 Å². The predicted molar refractivity (Wildman–Crippen MR) is 65.7 cm³/mol. The second-order valence-electron chi connectivity index (χ2n) is 4.18. The Morgan fingerprint density at radius 1 is 1.31 bits per heavy atom. The Kier molecular flexibility index (Phi) is 2.91. The van der Waals surface area contributed by atoms with Crippen molar-refractivity contribution < 1.29 is 4.39 Å². The first-order valence-corrected chi connectivity index (χ1v) is 5.26. The summed E-state index contributed by atoms with van der Waals surface area (Å²) >= 11 is 0. The largest absolute Gasteiger partial charge is 0.356 e. The van der Waals surface area contributed by atoms with Crippen molar-refractivity contribution in [2.24, 2.45) is 0 Å². The predicted octanol–water partition coefficient (Wildman–Crippen LogP) is 2.68. The molecule has 2 heterocycles. The standard InChI is InChI=1S/C12H13FN2.ClH/c1-7-4-8-9-6-14-3-2-11(9)15-12(8)10(13)5-7;/h4-5,14-15H,2-3,6H2,1H3;1H. The van der Waals surface area contributed by atoms with Gasteiger partial charge in [-0.2, -0.15) is 0 Å². The van der Waals surface area contributed by atoms with E-state index in [4.69, 9.17) is 0 Å². The van der Waals surface area contributed by atoms with Crippen molar-refractivity contribution >= 4 is 23.3 Å². The van der Waals surface area contributed by atoms with Gasteiger partial charge < -0.3 is 10.3 Å². The molecule has 2 N–H and O–H groups in total. The zero-order valence-corrected chi connectivity index (χ0v) is 9.88.